The average molecular weight is 461 g/mol. The predicted molar refractivity (Wildman–Crippen MR) is 107 cm³/mol. The summed E-state index contributed by atoms with van der Waals surface area (Å²) >= 11 is 0. The van der Waals surface area contributed by atoms with E-state index in [4.69, 9.17) is 0 Å². The summed E-state index contributed by atoms with van der Waals surface area (Å²) in [4.78, 5) is 29.0. The van der Waals surface area contributed by atoms with Crippen molar-refractivity contribution in [3.8, 4) is 11.3 Å². The fraction of sp³-hybridized carbons (Fsp3) is 0.476. The number of carbonyl (C=O) groups excluding carboxylic acids is 1. The fourth-order valence-electron chi connectivity index (χ4n) is 2.90. The summed E-state index contributed by atoms with van der Waals surface area (Å²) in [5.74, 6) is -3.71. The van der Waals surface area contributed by atoms with E-state index >= 15 is 0 Å². The van der Waals surface area contributed by atoms with Gasteiger partial charge in [0.25, 0.3) is 11.5 Å². The molecule has 11 heteroatoms. The SMILES string of the molecule is CC(O)CNC(=O)Cn1c(CCCC(F)(F)F)nc(-c2ccc(C(C)(F)F)cc2)cc1=O. The number of benzene rings is 1. The lowest BCUT2D eigenvalue weighted by molar-refractivity contribution is -0.135. The van der Waals surface area contributed by atoms with Crippen molar-refractivity contribution in [3.63, 3.8) is 0 Å². The van der Waals surface area contributed by atoms with E-state index in [2.05, 4.69) is 10.3 Å². The number of hydrogen-bond donors (Lipinski definition) is 2. The maximum atomic E-state index is 13.4. The van der Waals surface area contributed by atoms with Gasteiger partial charge >= 0.3 is 6.18 Å². The molecule has 0 aliphatic carbocycles. The molecule has 0 radical (unpaired) electrons. The number of nitrogens with one attached hydrogen (secondary N) is 1. The van der Waals surface area contributed by atoms with Gasteiger partial charge < -0.3 is 10.4 Å². The van der Waals surface area contributed by atoms with Crippen LogP contribution in [0.4, 0.5) is 22.0 Å². The molecule has 1 aromatic carbocycles. The van der Waals surface area contributed by atoms with Gasteiger partial charge in [-0.3, -0.25) is 14.2 Å². The molecule has 0 saturated heterocycles. The maximum absolute atomic E-state index is 13.4. The Balaban J connectivity index is 2.37. The van der Waals surface area contributed by atoms with Crippen molar-refractivity contribution in [1.29, 1.82) is 0 Å². The predicted octanol–water partition coefficient (Wildman–Crippen LogP) is 3.40. The van der Waals surface area contributed by atoms with Gasteiger partial charge in [0, 0.05) is 43.5 Å². The van der Waals surface area contributed by atoms with E-state index in [1.165, 1.54) is 31.2 Å². The quantitative estimate of drug-likeness (QED) is 0.561. The van der Waals surface area contributed by atoms with Gasteiger partial charge in [-0.2, -0.15) is 13.2 Å². The second kappa shape index (κ2) is 10.2. The van der Waals surface area contributed by atoms with Gasteiger partial charge in [0.2, 0.25) is 5.91 Å². The number of nitrogens with zero attached hydrogens (tertiary/aromatic N) is 2. The zero-order chi connectivity index (χ0) is 24.1. The first-order valence-corrected chi connectivity index (χ1v) is 9.87. The molecule has 2 N–H and O–H groups in total. The zero-order valence-electron chi connectivity index (χ0n) is 17.5. The minimum atomic E-state index is -4.39. The van der Waals surface area contributed by atoms with Crippen LogP contribution >= 0.6 is 0 Å². The molecule has 0 aliphatic rings. The summed E-state index contributed by atoms with van der Waals surface area (Å²) < 4.78 is 65.5. The molecule has 0 spiro atoms. The standard InChI is InChI=1S/C21H24F5N3O3/c1-13(30)11-27-18(31)12-29-17(4-3-9-21(24,25)26)28-16(10-19(29)32)14-5-7-15(8-6-14)20(2,22)23/h5-8,10,13,30H,3-4,9,11-12H2,1-2H3,(H,27,31). The van der Waals surface area contributed by atoms with Gasteiger partial charge in [0.15, 0.2) is 0 Å². The highest BCUT2D eigenvalue weighted by Crippen LogP contribution is 2.29. The van der Waals surface area contributed by atoms with Gasteiger partial charge in [0.05, 0.1) is 11.8 Å². The van der Waals surface area contributed by atoms with E-state index in [0.29, 0.717) is 5.56 Å². The number of alkyl halides is 5. The third-order valence-electron chi connectivity index (χ3n) is 4.53. The molecule has 1 aromatic heterocycles. The second-order valence-corrected chi connectivity index (χ2v) is 7.57. The van der Waals surface area contributed by atoms with Crippen LogP contribution in [-0.4, -0.2) is 39.4 Å². The van der Waals surface area contributed by atoms with E-state index in [1.54, 1.807) is 0 Å². The van der Waals surface area contributed by atoms with Crippen LogP contribution in [0.3, 0.4) is 0 Å². The Hall–Kier alpha value is -2.82. The van der Waals surface area contributed by atoms with Crippen molar-refractivity contribution < 1.29 is 31.9 Å². The summed E-state index contributed by atoms with van der Waals surface area (Å²) in [6, 6.07) is 6.13. The molecule has 2 aromatic rings. The molecule has 32 heavy (non-hydrogen) atoms. The number of rotatable bonds is 9. The molecule has 1 unspecified atom stereocenters. The molecule has 0 bridgehead atoms. The molecule has 0 saturated carbocycles. The highest BCUT2D eigenvalue weighted by atomic mass is 19.4. The first-order chi connectivity index (χ1) is 14.8. The Kier molecular flexibility index (Phi) is 8.11. The Bertz CT molecular complexity index is 980. The number of aliphatic hydroxyl groups is 1. The van der Waals surface area contributed by atoms with Crippen LogP contribution in [0.2, 0.25) is 0 Å². The highest BCUT2D eigenvalue weighted by Gasteiger charge is 2.27. The van der Waals surface area contributed by atoms with Crippen molar-refractivity contribution in [2.24, 2.45) is 0 Å². The van der Waals surface area contributed by atoms with Gasteiger partial charge in [-0.25, -0.2) is 13.8 Å². The van der Waals surface area contributed by atoms with E-state index < -0.39 is 42.6 Å². The summed E-state index contributed by atoms with van der Waals surface area (Å²) in [7, 11) is 0. The first-order valence-electron chi connectivity index (χ1n) is 9.87. The van der Waals surface area contributed by atoms with Crippen LogP contribution in [0.5, 0.6) is 0 Å². The van der Waals surface area contributed by atoms with Crippen molar-refractivity contribution in [2.45, 2.75) is 57.9 Å². The number of aromatic nitrogens is 2. The smallest absolute Gasteiger partial charge is 0.389 e. The van der Waals surface area contributed by atoms with Gasteiger partial charge in [-0.1, -0.05) is 24.3 Å². The molecule has 6 nitrogen and oxygen atoms in total. The summed E-state index contributed by atoms with van der Waals surface area (Å²) in [5, 5.41) is 11.7. The third-order valence-corrected chi connectivity index (χ3v) is 4.53. The minimum Gasteiger partial charge on any atom is -0.392 e. The second-order valence-electron chi connectivity index (χ2n) is 7.57. The number of carbonyl (C=O) groups is 1. The van der Waals surface area contributed by atoms with E-state index in [1.807, 2.05) is 0 Å². The topological polar surface area (TPSA) is 84.2 Å². The molecule has 0 fully saturated rings. The van der Waals surface area contributed by atoms with Crippen LogP contribution < -0.4 is 10.9 Å². The number of hydrogen-bond acceptors (Lipinski definition) is 4. The van der Waals surface area contributed by atoms with Crippen molar-refractivity contribution in [3.05, 3.63) is 52.1 Å². The Morgan fingerprint density at radius 2 is 1.81 bits per heavy atom. The highest BCUT2D eigenvalue weighted by molar-refractivity contribution is 5.75. The molecular weight excluding hydrogens is 437 g/mol. The molecular formula is C21H24F5N3O3. The first kappa shape index (κ1) is 25.4. The number of aliphatic hydroxyl groups excluding tert-OH is 1. The van der Waals surface area contributed by atoms with Crippen LogP contribution in [-0.2, 0) is 23.7 Å². The number of aryl methyl sites for hydroxylation is 1. The monoisotopic (exact) mass is 461 g/mol. The molecule has 1 heterocycles. The van der Waals surface area contributed by atoms with Crippen LogP contribution in [0.25, 0.3) is 11.3 Å². The minimum absolute atomic E-state index is 0.0335. The lowest BCUT2D eigenvalue weighted by atomic mass is 10.1. The zero-order valence-corrected chi connectivity index (χ0v) is 17.5. The van der Waals surface area contributed by atoms with Crippen LogP contribution in [0, 0.1) is 0 Å². The summed E-state index contributed by atoms with van der Waals surface area (Å²) in [5.41, 5.74) is -0.481. The normalized spacial score (nSPS) is 13.1. The van der Waals surface area contributed by atoms with Crippen LogP contribution in [0.1, 0.15) is 38.1 Å². The van der Waals surface area contributed by atoms with E-state index in [9.17, 15) is 36.6 Å². The molecule has 1 atom stereocenters. The number of amides is 1. The van der Waals surface area contributed by atoms with E-state index in [-0.39, 0.29) is 36.5 Å². The number of halogens is 5. The van der Waals surface area contributed by atoms with Gasteiger partial charge in [-0.05, 0) is 13.3 Å². The average Bonchev–Trinajstić information content (AvgIpc) is 2.67. The Morgan fingerprint density at radius 3 is 2.34 bits per heavy atom. The van der Waals surface area contributed by atoms with E-state index in [0.717, 1.165) is 17.6 Å². The lowest BCUT2D eigenvalue weighted by Crippen LogP contribution is -2.37. The van der Waals surface area contributed by atoms with Crippen molar-refractivity contribution in [2.75, 3.05) is 6.54 Å². The van der Waals surface area contributed by atoms with Crippen molar-refractivity contribution in [1.82, 2.24) is 14.9 Å². The third kappa shape index (κ3) is 7.70. The Labute approximate surface area is 181 Å². The molecule has 176 valence electrons. The molecule has 2 rings (SSSR count). The summed E-state index contributed by atoms with van der Waals surface area (Å²) in [6.45, 7) is 1.64. The maximum Gasteiger partial charge on any atom is 0.389 e. The molecule has 1 amide bonds. The molecule has 0 aliphatic heterocycles. The summed E-state index contributed by atoms with van der Waals surface area (Å²) in [6.07, 6.45) is -6.88. The van der Waals surface area contributed by atoms with Gasteiger partial charge in [-0.15, -0.1) is 0 Å². The lowest BCUT2D eigenvalue weighted by Gasteiger charge is -2.15. The largest absolute Gasteiger partial charge is 0.392 e. The van der Waals surface area contributed by atoms with Crippen LogP contribution in [0.15, 0.2) is 35.1 Å². The van der Waals surface area contributed by atoms with Crippen molar-refractivity contribution >= 4 is 5.91 Å². The fourth-order valence-corrected chi connectivity index (χ4v) is 2.90. The van der Waals surface area contributed by atoms with Gasteiger partial charge in [0.1, 0.15) is 12.4 Å². The Morgan fingerprint density at radius 1 is 1.19 bits per heavy atom.